The zero-order valence-electron chi connectivity index (χ0n) is 7.00. The number of halogens is 1. The van der Waals surface area contributed by atoms with Gasteiger partial charge in [-0.3, -0.25) is 4.79 Å². The third kappa shape index (κ3) is 2.20. The highest BCUT2D eigenvalue weighted by molar-refractivity contribution is 9.09. The van der Waals surface area contributed by atoms with E-state index in [0.29, 0.717) is 12.8 Å². The van der Waals surface area contributed by atoms with Gasteiger partial charge in [-0.1, -0.05) is 15.9 Å². The molecule has 0 amide bonds. The van der Waals surface area contributed by atoms with E-state index >= 15 is 0 Å². The predicted molar refractivity (Wildman–Crippen MR) is 48.1 cm³/mol. The minimum Gasteiger partial charge on any atom is -0.469 e. The Kier molecular flexibility index (Phi) is 3.53. The number of methoxy groups -OCH3 is 1. The van der Waals surface area contributed by atoms with E-state index in [1.54, 1.807) is 0 Å². The molecule has 0 spiro atoms. The van der Waals surface area contributed by atoms with Crippen LogP contribution >= 0.6 is 15.9 Å². The fourth-order valence-electron chi connectivity index (χ4n) is 1.48. The van der Waals surface area contributed by atoms with Crippen molar-refractivity contribution in [1.29, 1.82) is 0 Å². The number of carbonyl (C=O) groups excluding carboxylic acids is 1. The van der Waals surface area contributed by atoms with Crippen LogP contribution in [0.1, 0.15) is 19.3 Å². The SMILES string of the molecule is COC(=O)C1CCC(O)C(Br)C1. The summed E-state index contributed by atoms with van der Waals surface area (Å²) in [5, 5.41) is 9.35. The van der Waals surface area contributed by atoms with Gasteiger partial charge in [-0.2, -0.15) is 0 Å². The normalized spacial score (nSPS) is 36.1. The molecule has 0 heterocycles. The highest BCUT2D eigenvalue weighted by atomic mass is 79.9. The van der Waals surface area contributed by atoms with Crippen LogP contribution in [0.25, 0.3) is 0 Å². The first-order valence-corrected chi connectivity index (χ1v) is 4.96. The van der Waals surface area contributed by atoms with Crippen LogP contribution in [0.15, 0.2) is 0 Å². The second-order valence-electron chi connectivity index (χ2n) is 3.12. The van der Waals surface area contributed by atoms with Crippen LogP contribution in [-0.4, -0.2) is 29.1 Å². The van der Waals surface area contributed by atoms with Gasteiger partial charge in [-0.15, -0.1) is 0 Å². The molecule has 0 radical (unpaired) electrons. The molecule has 3 nitrogen and oxygen atoms in total. The number of rotatable bonds is 1. The van der Waals surface area contributed by atoms with Gasteiger partial charge in [0, 0.05) is 4.83 Å². The third-order valence-corrected chi connectivity index (χ3v) is 3.26. The van der Waals surface area contributed by atoms with Gasteiger partial charge in [0.05, 0.1) is 19.1 Å². The molecule has 1 rings (SSSR count). The molecule has 12 heavy (non-hydrogen) atoms. The van der Waals surface area contributed by atoms with Crippen molar-refractivity contribution in [2.24, 2.45) is 5.92 Å². The summed E-state index contributed by atoms with van der Waals surface area (Å²) < 4.78 is 4.63. The lowest BCUT2D eigenvalue weighted by molar-refractivity contribution is -0.147. The Morgan fingerprint density at radius 1 is 1.58 bits per heavy atom. The lowest BCUT2D eigenvalue weighted by atomic mass is 9.87. The van der Waals surface area contributed by atoms with Crippen molar-refractivity contribution < 1.29 is 14.6 Å². The zero-order chi connectivity index (χ0) is 9.14. The lowest BCUT2D eigenvalue weighted by Crippen LogP contribution is -2.33. The molecule has 0 aromatic rings. The second-order valence-corrected chi connectivity index (χ2v) is 4.29. The van der Waals surface area contributed by atoms with Crippen LogP contribution in [0.4, 0.5) is 0 Å². The van der Waals surface area contributed by atoms with Gasteiger partial charge in [-0.05, 0) is 19.3 Å². The lowest BCUT2D eigenvalue weighted by Gasteiger charge is -2.27. The van der Waals surface area contributed by atoms with E-state index in [-0.39, 0.29) is 22.8 Å². The van der Waals surface area contributed by atoms with Crippen molar-refractivity contribution in [3.8, 4) is 0 Å². The molecule has 1 aliphatic rings. The summed E-state index contributed by atoms with van der Waals surface area (Å²) in [5.41, 5.74) is 0. The van der Waals surface area contributed by atoms with Crippen molar-refractivity contribution in [3.63, 3.8) is 0 Å². The maximum absolute atomic E-state index is 11.1. The van der Waals surface area contributed by atoms with Gasteiger partial charge in [0.15, 0.2) is 0 Å². The molecule has 4 heteroatoms. The summed E-state index contributed by atoms with van der Waals surface area (Å²) in [6, 6.07) is 0. The Bertz CT molecular complexity index is 172. The van der Waals surface area contributed by atoms with E-state index < -0.39 is 0 Å². The smallest absolute Gasteiger partial charge is 0.308 e. The average Bonchev–Trinajstić information content (AvgIpc) is 2.08. The predicted octanol–water partition coefficient (Wildman–Crippen LogP) is 1.08. The Morgan fingerprint density at radius 3 is 2.75 bits per heavy atom. The molecule has 70 valence electrons. The summed E-state index contributed by atoms with van der Waals surface area (Å²) in [7, 11) is 1.40. The maximum Gasteiger partial charge on any atom is 0.308 e. The molecule has 3 unspecified atom stereocenters. The number of esters is 1. The molecule has 0 saturated heterocycles. The molecule has 1 fully saturated rings. The monoisotopic (exact) mass is 236 g/mol. The molecule has 3 atom stereocenters. The summed E-state index contributed by atoms with van der Waals surface area (Å²) in [4.78, 5) is 11.1. The first-order chi connectivity index (χ1) is 5.65. The van der Waals surface area contributed by atoms with E-state index in [1.807, 2.05) is 0 Å². The van der Waals surface area contributed by atoms with E-state index in [4.69, 9.17) is 0 Å². The van der Waals surface area contributed by atoms with Crippen LogP contribution in [-0.2, 0) is 9.53 Å². The number of aliphatic hydroxyl groups excluding tert-OH is 1. The third-order valence-electron chi connectivity index (χ3n) is 2.27. The Morgan fingerprint density at radius 2 is 2.25 bits per heavy atom. The van der Waals surface area contributed by atoms with Gasteiger partial charge in [-0.25, -0.2) is 0 Å². The van der Waals surface area contributed by atoms with E-state index in [1.165, 1.54) is 7.11 Å². The number of aliphatic hydroxyl groups is 1. The molecule has 1 aliphatic carbocycles. The molecular formula is C8H13BrO3. The molecule has 0 aliphatic heterocycles. The first-order valence-electron chi connectivity index (χ1n) is 4.05. The Labute approximate surface area is 80.2 Å². The first kappa shape index (κ1) is 9.99. The van der Waals surface area contributed by atoms with E-state index in [0.717, 1.165) is 6.42 Å². The molecular weight excluding hydrogens is 224 g/mol. The maximum atomic E-state index is 11.1. The largest absolute Gasteiger partial charge is 0.469 e. The fraction of sp³-hybridized carbons (Fsp3) is 0.875. The van der Waals surface area contributed by atoms with Gasteiger partial charge in [0.1, 0.15) is 0 Å². The fourth-order valence-corrected chi connectivity index (χ4v) is 2.20. The molecule has 0 aromatic heterocycles. The van der Waals surface area contributed by atoms with E-state index in [9.17, 15) is 9.90 Å². The summed E-state index contributed by atoms with van der Waals surface area (Å²) >= 11 is 3.33. The van der Waals surface area contributed by atoms with Crippen LogP contribution in [0.3, 0.4) is 0 Å². The second kappa shape index (κ2) is 4.23. The zero-order valence-corrected chi connectivity index (χ0v) is 8.58. The molecule has 1 saturated carbocycles. The summed E-state index contributed by atoms with van der Waals surface area (Å²) in [5.74, 6) is -0.200. The summed E-state index contributed by atoms with van der Waals surface area (Å²) in [6.45, 7) is 0. The average molecular weight is 237 g/mol. The van der Waals surface area contributed by atoms with Gasteiger partial charge in [0.2, 0.25) is 0 Å². The van der Waals surface area contributed by atoms with Crippen LogP contribution in [0, 0.1) is 5.92 Å². The highest BCUT2D eigenvalue weighted by Gasteiger charge is 2.31. The number of hydrogen-bond acceptors (Lipinski definition) is 3. The van der Waals surface area contributed by atoms with Crippen LogP contribution in [0.2, 0.25) is 0 Å². The van der Waals surface area contributed by atoms with Crippen molar-refractivity contribution in [2.75, 3.05) is 7.11 Å². The standard InChI is InChI=1S/C8H13BrO3/c1-12-8(11)5-2-3-7(10)6(9)4-5/h5-7,10H,2-4H2,1H3. The molecule has 0 aromatic carbocycles. The number of alkyl halides is 1. The van der Waals surface area contributed by atoms with Crippen molar-refractivity contribution >= 4 is 21.9 Å². The van der Waals surface area contributed by atoms with Crippen LogP contribution in [0.5, 0.6) is 0 Å². The molecule has 0 bridgehead atoms. The Hall–Kier alpha value is -0.0900. The van der Waals surface area contributed by atoms with Gasteiger partial charge >= 0.3 is 5.97 Å². The number of ether oxygens (including phenoxy) is 1. The minimum atomic E-state index is -0.314. The molecule has 1 N–H and O–H groups in total. The van der Waals surface area contributed by atoms with Gasteiger partial charge in [0.25, 0.3) is 0 Å². The van der Waals surface area contributed by atoms with E-state index in [2.05, 4.69) is 20.7 Å². The minimum absolute atomic E-state index is 0.0374. The quantitative estimate of drug-likeness (QED) is 0.548. The number of carbonyl (C=O) groups is 1. The van der Waals surface area contributed by atoms with Crippen molar-refractivity contribution in [3.05, 3.63) is 0 Å². The number of hydrogen-bond donors (Lipinski definition) is 1. The van der Waals surface area contributed by atoms with Crippen molar-refractivity contribution in [2.45, 2.75) is 30.2 Å². The highest BCUT2D eigenvalue weighted by Crippen LogP contribution is 2.29. The van der Waals surface area contributed by atoms with Crippen LogP contribution < -0.4 is 0 Å². The summed E-state index contributed by atoms with van der Waals surface area (Å²) in [6.07, 6.45) is 1.77. The topological polar surface area (TPSA) is 46.5 Å². The van der Waals surface area contributed by atoms with Crippen molar-refractivity contribution in [1.82, 2.24) is 0 Å². The van der Waals surface area contributed by atoms with Gasteiger partial charge < -0.3 is 9.84 Å². The Balaban J connectivity index is 2.45.